The van der Waals surface area contributed by atoms with Crippen LogP contribution in [-0.2, 0) is 13.2 Å². The molecule has 1 aliphatic rings. The fraction of sp³-hybridized carbons (Fsp3) is 0.421. The molecule has 1 saturated carbocycles. The van der Waals surface area contributed by atoms with Crippen LogP contribution in [0.5, 0.6) is 5.75 Å². The van der Waals surface area contributed by atoms with E-state index in [2.05, 4.69) is 22.2 Å². The Balaban J connectivity index is 1.60. The summed E-state index contributed by atoms with van der Waals surface area (Å²) >= 11 is 5.67. The largest absolute Gasteiger partial charge is 0.497 e. The van der Waals surface area contributed by atoms with Crippen LogP contribution in [0.3, 0.4) is 0 Å². The predicted molar refractivity (Wildman–Crippen MR) is 102 cm³/mol. The minimum Gasteiger partial charge on any atom is -0.497 e. The van der Waals surface area contributed by atoms with Crippen LogP contribution in [0, 0.1) is 18.6 Å². The van der Waals surface area contributed by atoms with E-state index < -0.39 is 0 Å². The van der Waals surface area contributed by atoms with Gasteiger partial charge in [0.15, 0.2) is 6.67 Å². The van der Waals surface area contributed by atoms with Gasteiger partial charge in [0.1, 0.15) is 12.3 Å². The summed E-state index contributed by atoms with van der Waals surface area (Å²) in [5.74, 6) is 1.58. The number of hydrogen-bond donors (Lipinski definition) is 1. The van der Waals surface area contributed by atoms with Gasteiger partial charge in [0.05, 0.1) is 13.2 Å². The van der Waals surface area contributed by atoms with E-state index in [0.717, 1.165) is 35.1 Å². The maximum Gasteiger partial charge on any atom is 0.254 e. The molecule has 0 aliphatic heterocycles. The highest BCUT2D eigenvalue weighted by atomic mass is 32.1. The summed E-state index contributed by atoms with van der Waals surface area (Å²) in [5, 5.41) is 4.68. The molecule has 26 heavy (non-hydrogen) atoms. The molecule has 1 atom stereocenters. The average Bonchev–Trinajstić information content (AvgIpc) is 3.41. The Labute approximate surface area is 158 Å². The van der Waals surface area contributed by atoms with Crippen LogP contribution in [0.25, 0.3) is 5.78 Å². The normalized spacial score (nSPS) is 15.3. The number of hydrogen-bond acceptors (Lipinski definition) is 4. The Morgan fingerprint density at radius 2 is 1.96 bits per heavy atom. The number of benzene rings is 1. The third kappa shape index (κ3) is 3.37. The lowest BCUT2D eigenvalue weighted by Crippen LogP contribution is -3.11. The van der Waals surface area contributed by atoms with Gasteiger partial charge in [-0.3, -0.25) is 4.40 Å². The van der Waals surface area contributed by atoms with Gasteiger partial charge in [-0.25, -0.2) is 4.98 Å². The molecule has 3 aromatic rings. The van der Waals surface area contributed by atoms with Gasteiger partial charge in [-0.2, -0.15) is 4.68 Å². The number of nitrogens with one attached hydrogen (secondary N) is 1. The molecule has 0 radical (unpaired) electrons. The second kappa shape index (κ2) is 6.81. The minimum absolute atomic E-state index is 0.680. The van der Waals surface area contributed by atoms with Gasteiger partial charge < -0.3 is 9.64 Å². The molecule has 1 aromatic carbocycles. The van der Waals surface area contributed by atoms with Gasteiger partial charge in [-0.15, -0.1) is 5.10 Å². The number of rotatable bonds is 6. The number of aromatic nitrogens is 4. The molecule has 0 bridgehead atoms. The molecule has 1 fully saturated rings. The van der Waals surface area contributed by atoms with E-state index in [4.69, 9.17) is 17.0 Å². The lowest BCUT2D eigenvalue weighted by atomic mass is 10.2. The summed E-state index contributed by atoms with van der Waals surface area (Å²) in [4.78, 5) is 6.02. The third-order valence-corrected chi connectivity index (χ3v) is 5.36. The molecule has 0 spiro atoms. The highest BCUT2D eigenvalue weighted by Crippen LogP contribution is 2.17. The van der Waals surface area contributed by atoms with Crippen molar-refractivity contribution in [1.82, 2.24) is 19.2 Å². The van der Waals surface area contributed by atoms with Gasteiger partial charge in [0, 0.05) is 29.8 Å². The maximum absolute atomic E-state index is 5.67. The fourth-order valence-corrected chi connectivity index (χ4v) is 3.79. The second-order valence-electron chi connectivity index (χ2n) is 7.07. The first-order chi connectivity index (χ1) is 12.5. The van der Waals surface area contributed by atoms with Crippen molar-refractivity contribution in [1.29, 1.82) is 0 Å². The third-order valence-electron chi connectivity index (χ3n) is 4.97. The van der Waals surface area contributed by atoms with Crippen LogP contribution in [0.1, 0.15) is 29.8 Å². The molecule has 1 aliphatic carbocycles. The zero-order valence-electron chi connectivity index (χ0n) is 15.4. The Kier molecular flexibility index (Phi) is 4.50. The average molecular weight is 371 g/mol. The monoisotopic (exact) mass is 370 g/mol. The summed E-state index contributed by atoms with van der Waals surface area (Å²) in [5.41, 5.74) is 3.34. The standard InChI is InChI=1S/C19H23N5OS/c1-13-10-14(2)24-18(20-13)21-23(19(24)26)12-22(16-6-7-16)11-15-4-8-17(25-3)9-5-15/h4-5,8-10,16H,6-7,11-12H2,1-3H3/p+1. The van der Waals surface area contributed by atoms with Crippen LogP contribution in [-0.4, -0.2) is 32.3 Å². The van der Waals surface area contributed by atoms with Crippen LogP contribution >= 0.6 is 12.2 Å². The lowest BCUT2D eigenvalue weighted by Gasteiger charge is -2.19. The topological polar surface area (TPSA) is 48.8 Å². The molecule has 2 aromatic heterocycles. The van der Waals surface area contributed by atoms with E-state index in [9.17, 15) is 0 Å². The number of nitrogens with zero attached hydrogens (tertiary/aromatic N) is 4. The van der Waals surface area contributed by atoms with Crippen molar-refractivity contribution in [2.75, 3.05) is 7.11 Å². The van der Waals surface area contributed by atoms with E-state index in [1.165, 1.54) is 23.3 Å². The van der Waals surface area contributed by atoms with E-state index in [0.29, 0.717) is 11.8 Å². The molecule has 0 amide bonds. The van der Waals surface area contributed by atoms with Gasteiger partial charge >= 0.3 is 0 Å². The molecular weight excluding hydrogens is 346 g/mol. The molecule has 1 N–H and O–H groups in total. The van der Waals surface area contributed by atoms with Crippen molar-refractivity contribution >= 4 is 18.0 Å². The second-order valence-corrected chi connectivity index (χ2v) is 7.44. The SMILES string of the molecule is COc1ccc(C[NH+](Cn2nc3nc(C)cc(C)n3c2=S)C2CC2)cc1. The van der Waals surface area contributed by atoms with Crippen molar-refractivity contribution in [2.45, 2.75) is 45.9 Å². The van der Waals surface area contributed by atoms with Crippen molar-refractivity contribution in [3.63, 3.8) is 0 Å². The van der Waals surface area contributed by atoms with Crippen LogP contribution < -0.4 is 9.64 Å². The molecule has 1 unspecified atom stereocenters. The van der Waals surface area contributed by atoms with Crippen molar-refractivity contribution in [2.24, 2.45) is 0 Å². The summed E-state index contributed by atoms with van der Waals surface area (Å²) in [6, 6.07) is 11.0. The molecule has 136 valence electrons. The molecule has 7 heteroatoms. The van der Waals surface area contributed by atoms with Crippen LogP contribution in [0.2, 0.25) is 0 Å². The lowest BCUT2D eigenvalue weighted by molar-refractivity contribution is -0.947. The van der Waals surface area contributed by atoms with E-state index >= 15 is 0 Å². The molecule has 2 heterocycles. The zero-order chi connectivity index (χ0) is 18.3. The molecule has 4 rings (SSSR count). The minimum atomic E-state index is 0.680. The number of quaternary nitrogens is 1. The van der Waals surface area contributed by atoms with Crippen molar-refractivity contribution in [3.8, 4) is 5.75 Å². The quantitative estimate of drug-likeness (QED) is 0.675. The summed E-state index contributed by atoms with van der Waals surface area (Å²) in [6.45, 7) is 5.75. The van der Waals surface area contributed by atoms with Gasteiger partial charge in [0.2, 0.25) is 4.77 Å². The number of ether oxygens (including phenoxy) is 1. The smallest absolute Gasteiger partial charge is 0.254 e. The predicted octanol–water partition coefficient (Wildman–Crippen LogP) is 2.09. The van der Waals surface area contributed by atoms with Gasteiger partial charge in [-0.1, -0.05) is 0 Å². The van der Waals surface area contributed by atoms with E-state index in [-0.39, 0.29) is 0 Å². The maximum atomic E-state index is 5.67. The summed E-state index contributed by atoms with van der Waals surface area (Å²) in [7, 11) is 1.69. The number of methoxy groups -OCH3 is 1. The number of fused-ring (bicyclic) bond motifs is 1. The number of aryl methyl sites for hydroxylation is 2. The first-order valence-electron chi connectivity index (χ1n) is 8.96. The van der Waals surface area contributed by atoms with Crippen LogP contribution in [0.15, 0.2) is 30.3 Å². The van der Waals surface area contributed by atoms with E-state index in [1.54, 1.807) is 7.11 Å². The van der Waals surface area contributed by atoms with E-state index in [1.807, 2.05) is 41.1 Å². The summed E-state index contributed by atoms with van der Waals surface area (Å²) < 4.78 is 9.87. The van der Waals surface area contributed by atoms with Crippen molar-refractivity contribution in [3.05, 3.63) is 52.1 Å². The first kappa shape index (κ1) is 17.2. The first-order valence-corrected chi connectivity index (χ1v) is 9.37. The Bertz CT molecular complexity index is 988. The Morgan fingerprint density at radius 3 is 2.62 bits per heavy atom. The molecular formula is C19H24N5OS+. The highest BCUT2D eigenvalue weighted by molar-refractivity contribution is 7.71. The highest BCUT2D eigenvalue weighted by Gasteiger charge is 2.34. The fourth-order valence-electron chi connectivity index (χ4n) is 3.46. The summed E-state index contributed by atoms with van der Waals surface area (Å²) in [6.07, 6.45) is 2.53. The Hall–Kier alpha value is -2.25. The molecule has 0 saturated heterocycles. The van der Waals surface area contributed by atoms with Crippen LogP contribution in [0.4, 0.5) is 0 Å². The Morgan fingerprint density at radius 1 is 1.23 bits per heavy atom. The van der Waals surface area contributed by atoms with Gasteiger partial charge in [-0.05, 0) is 56.4 Å². The van der Waals surface area contributed by atoms with Gasteiger partial charge in [0.25, 0.3) is 5.78 Å². The zero-order valence-corrected chi connectivity index (χ0v) is 16.2. The van der Waals surface area contributed by atoms with Crippen molar-refractivity contribution < 1.29 is 9.64 Å². The molecule has 6 nitrogen and oxygen atoms in total.